The maximum atomic E-state index is 13.3. The molecule has 4 aliphatic carbocycles. The second-order valence-corrected chi connectivity index (χ2v) is 20.8. The minimum absolute atomic E-state index is 0.108. The molecule has 390 valence electrons. The van der Waals surface area contributed by atoms with Crippen LogP contribution in [0.1, 0.15) is 146 Å². The molecule has 0 spiro atoms. The summed E-state index contributed by atoms with van der Waals surface area (Å²) >= 11 is 0. The van der Waals surface area contributed by atoms with E-state index in [2.05, 4.69) is 22.5 Å². The van der Waals surface area contributed by atoms with Crippen LogP contribution in [0, 0.1) is 29.1 Å². The number of nitrogens with zero attached hydrogens (tertiary/aromatic N) is 1. The van der Waals surface area contributed by atoms with Gasteiger partial charge in [-0.1, -0.05) is 134 Å². The molecule has 3 aromatic rings. The SMILES string of the molecule is CCCCCCCCCCCCCC(=O)O[C@@H]1[C@@H](C)[C@@]2(O)[C@@H](C=C(CO)C[C@]3(O)C(=O)C(C)=C[C@@H]23)[C@@H]2C(C)(C)[C@]12OC(C)=O.Nc1ccccc1NC(=O)c1ccc(CNC(=O)OCc2cccnc2)cc1. The number of pyridine rings is 1. The number of nitrogen functional groups attached to an aromatic ring is 1. The Labute approximate surface area is 424 Å². The first-order valence-corrected chi connectivity index (χ1v) is 25.8. The fourth-order valence-electron chi connectivity index (χ4n) is 11.6. The number of aromatic nitrogens is 1. The van der Waals surface area contributed by atoms with Crippen molar-refractivity contribution in [3.63, 3.8) is 0 Å². The molecule has 72 heavy (non-hydrogen) atoms. The van der Waals surface area contributed by atoms with Gasteiger partial charge in [0.15, 0.2) is 11.4 Å². The van der Waals surface area contributed by atoms with Crippen LogP contribution < -0.4 is 16.4 Å². The van der Waals surface area contributed by atoms with Gasteiger partial charge < -0.3 is 45.9 Å². The molecule has 2 saturated carbocycles. The van der Waals surface area contributed by atoms with Crippen LogP contribution >= 0.6 is 0 Å². The summed E-state index contributed by atoms with van der Waals surface area (Å²) in [5, 5.41) is 40.2. The number of fused-ring (bicyclic) bond motifs is 5. The Bertz CT molecular complexity index is 2440. The van der Waals surface area contributed by atoms with Gasteiger partial charge in [-0.25, -0.2) is 4.79 Å². The molecular weight excluding hydrogens is 917 g/mol. The van der Waals surface area contributed by atoms with Gasteiger partial charge in [-0.05, 0) is 60.4 Å². The molecule has 0 radical (unpaired) electrons. The van der Waals surface area contributed by atoms with Crippen molar-refractivity contribution in [2.24, 2.45) is 29.1 Å². The summed E-state index contributed by atoms with van der Waals surface area (Å²) < 4.78 is 17.4. The summed E-state index contributed by atoms with van der Waals surface area (Å²) in [4.78, 5) is 67.2. The maximum absolute atomic E-state index is 13.3. The third-order valence-corrected chi connectivity index (χ3v) is 15.5. The normalized spacial score (nSPS) is 26.4. The van der Waals surface area contributed by atoms with Gasteiger partial charge in [-0.2, -0.15) is 0 Å². The number of carbonyl (C=O) groups is 5. The number of hydrogen-bond donors (Lipinski definition) is 6. The van der Waals surface area contributed by atoms with Gasteiger partial charge in [0, 0.05) is 78.9 Å². The van der Waals surface area contributed by atoms with Crippen molar-refractivity contribution >= 4 is 41.1 Å². The lowest BCUT2D eigenvalue weighted by Gasteiger charge is -2.53. The van der Waals surface area contributed by atoms with Crippen molar-refractivity contribution in [3.8, 4) is 0 Å². The molecule has 0 saturated heterocycles. The number of aliphatic hydroxyl groups excluding tert-OH is 1. The van der Waals surface area contributed by atoms with Crippen LogP contribution in [0.15, 0.2) is 96.4 Å². The van der Waals surface area contributed by atoms with Crippen molar-refractivity contribution in [1.82, 2.24) is 10.3 Å². The van der Waals surface area contributed by atoms with Gasteiger partial charge in [0.1, 0.15) is 18.3 Å². The Hall–Kier alpha value is -5.90. The van der Waals surface area contributed by atoms with Gasteiger partial charge in [-0.15, -0.1) is 0 Å². The van der Waals surface area contributed by atoms with Gasteiger partial charge in [0.25, 0.3) is 5.91 Å². The van der Waals surface area contributed by atoms with E-state index in [0.29, 0.717) is 41.1 Å². The molecule has 15 nitrogen and oxygen atoms in total. The number of nitrogens with one attached hydrogen (secondary N) is 2. The third kappa shape index (κ3) is 12.1. The Morgan fingerprint density at radius 1 is 0.861 bits per heavy atom. The third-order valence-electron chi connectivity index (χ3n) is 15.5. The van der Waals surface area contributed by atoms with Crippen LogP contribution in [0.3, 0.4) is 0 Å². The zero-order chi connectivity index (χ0) is 52.3. The number of hydrogen-bond acceptors (Lipinski definition) is 13. The van der Waals surface area contributed by atoms with Crippen LogP contribution in [-0.4, -0.2) is 79.5 Å². The van der Waals surface area contributed by atoms with Crippen molar-refractivity contribution in [2.75, 3.05) is 17.7 Å². The number of anilines is 2. The van der Waals surface area contributed by atoms with E-state index >= 15 is 0 Å². The Kier molecular flexibility index (Phi) is 18.6. The summed E-state index contributed by atoms with van der Waals surface area (Å²) in [5.41, 5.74) is 4.33. The predicted molar refractivity (Wildman–Crippen MR) is 274 cm³/mol. The number of aliphatic hydroxyl groups is 3. The number of esters is 2. The number of benzene rings is 2. The summed E-state index contributed by atoms with van der Waals surface area (Å²) in [6.07, 6.45) is 18.1. The minimum atomic E-state index is -1.93. The average molecular weight is 993 g/mol. The Morgan fingerprint density at radius 3 is 2.12 bits per heavy atom. The lowest BCUT2D eigenvalue weighted by atomic mass is 9.59. The molecule has 1 heterocycles. The first-order valence-electron chi connectivity index (χ1n) is 25.8. The number of amides is 2. The molecule has 15 heteroatoms. The van der Waals surface area contributed by atoms with Crippen molar-refractivity contribution in [3.05, 3.63) is 113 Å². The lowest BCUT2D eigenvalue weighted by molar-refractivity contribution is -0.228. The van der Waals surface area contributed by atoms with Gasteiger partial charge in [0.05, 0.1) is 23.6 Å². The highest BCUT2D eigenvalue weighted by Gasteiger charge is 2.87. The fourth-order valence-corrected chi connectivity index (χ4v) is 11.6. The monoisotopic (exact) mass is 993 g/mol. The lowest BCUT2D eigenvalue weighted by Crippen LogP contribution is -2.66. The van der Waals surface area contributed by atoms with Crippen LogP contribution in [0.4, 0.5) is 16.2 Å². The number of ketones is 1. The summed E-state index contributed by atoms with van der Waals surface area (Å²) in [5.74, 6) is -4.55. The van der Waals surface area contributed by atoms with Crippen molar-refractivity contribution < 1.29 is 53.5 Å². The Morgan fingerprint density at radius 2 is 1.51 bits per heavy atom. The second-order valence-electron chi connectivity index (χ2n) is 20.8. The van der Waals surface area contributed by atoms with E-state index in [-0.39, 0.29) is 32.0 Å². The largest absolute Gasteiger partial charge is 0.458 e. The highest BCUT2D eigenvalue weighted by molar-refractivity contribution is 6.06. The number of carbonyl (C=O) groups excluding carboxylic acids is 5. The summed E-state index contributed by atoms with van der Waals surface area (Å²) in [6.45, 7) is 10.9. The van der Waals surface area contributed by atoms with Crippen LogP contribution in [0.5, 0.6) is 0 Å². The highest BCUT2D eigenvalue weighted by Crippen LogP contribution is 2.77. The molecule has 0 unspecified atom stereocenters. The van der Waals surface area contributed by atoms with Gasteiger partial charge in [-0.3, -0.25) is 24.2 Å². The Balaban J connectivity index is 0.000000260. The second kappa shape index (κ2) is 24.2. The van der Waals surface area contributed by atoms with Crippen LogP contribution in [0.2, 0.25) is 0 Å². The van der Waals surface area contributed by atoms with Crippen molar-refractivity contribution in [2.45, 2.75) is 161 Å². The first-order chi connectivity index (χ1) is 34.3. The summed E-state index contributed by atoms with van der Waals surface area (Å²) in [7, 11) is 0. The molecule has 0 bridgehead atoms. The number of Topliss-reactive ketones (excluding diaryl/α,β-unsaturated/α-hetero) is 1. The molecule has 1 aromatic heterocycles. The number of alkyl carbamates (subject to hydrolysis) is 1. The number of unbranched alkanes of at least 4 members (excludes halogenated alkanes) is 10. The average Bonchev–Trinajstić information content (AvgIpc) is 3.78. The maximum Gasteiger partial charge on any atom is 0.407 e. The zero-order valence-corrected chi connectivity index (χ0v) is 42.9. The van der Waals surface area contributed by atoms with Gasteiger partial charge in [0.2, 0.25) is 0 Å². The first kappa shape index (κ1) is 55.4. The molecule has 2 aromatic carbocycles. The van der Waals surface area contributed by atoms with Crippen LogP contribution in [-0.2, 0) is 41.7 Å². The van der Waals surface area contributed by atoms with E-state index in [1.807, 2.05) is 19.9 Å². The molecule has 4 aliphatic rings. The van der Waals surface area contributed by atoms with E-state index in [0.717, 1.165) is 30.4 Å². The van der Waals surface area contributed by atoms with Gasteiger partial charge >= 0.3 is 18.0 Å². The van der Waals surface area contributed by atoms with E-state index in [1.165, 1.54) is 51.9 Å². The number of nitrogens with two attached hydrogens (primary N) is 1. The van der Waals surface area contributed by atoms with Crippen molar-refractivity contribution in [1.29, 1.82) is 0 Å². The van der Waals surface area contributed by atoms with E-state index in [1.54, 1.807) is 93.0 Å². The standard InChI is InChI=1S/C36H56O8.C21H20N4O3/c1-7-8-9-10-11-12-13-14-15-16-17-18-29(39)43-32-24(3)35(42)27(30-33(5,6)36(30,32)44-25(4)38)20-26(22-37)21-34(41)28(35)19-23(2)31(34)40;22-18-5-1-2-6-19(18)25-20(26)17-9-7-15(8-10-17)13-24-21(27)28-14-16-4-3-11-23-12-16/h19-20,24,27-28,30,32,37,41-42H,7-18,21-22H2,1-6H3;1-12H,13-14,22H2,(H,24,27)(H,25,26)/t24-,27+,28-,30-,32-,34-,35-,36-;/m1./s1. The minimum Gasteiger partial charge on any atom is -0.458 e. The quantitative estimate of drug-likeness (QED) is 0.0192. The molecule has 2 fully saturated rings. The number of rotatable bonds is 21. The molecule has 7 rings (SSSR count). The highest BCUT2D eigenvalue weighted by atomic mass is 16.6. The summed E-state index contributed by atoms with van der Waals surface area (Å²) in [6, 6.07) is 17.6. The smallest absolute Gasteiger partial charge is 0.407 e. The number of para-hydroxylation sites is 2. The predicted octanol–water partition coefficient (Wildman–Crippen LogP) is 9.10. The molecule has 0 aliphatic heterocycles. The van der Waals surface area contributed by atoms with Crippen LogP contribution in [0.25, 0.3) is 0 Å². The van der Waals surface area contributed by atoms with E-state index in [4.69, 9.17) is 19.9 Å². The van der Waals surface area contributed by atoms with E-state index in [9.17, 15) is 39.3 Å². The van der Waals surface area contributed by atoms with E-state index < -0.39 is 75.8 Å². The molecule has 2 amide bonds. The molecular formula is C57H76N4O11. The number of ether oxygens (including phenoxy) is 3. The zero-order valence-electron chi connectivity index (χ0n) is 42.9. The topological polar surface area (TPSA) is 237 Å². The molecule has 8 atom stereocenters. The molecule has 7 N–H and O–H groups in total. The fraction of sp³-hybridized carbons (Fsp3) is 0.544.